The normalized spacial score (nSPS) is 11.3. The van der Waals surface area contributed by atoms with Crippen LogP contribution in [0.2, 0.25) is 0 Å². The molecule has 2 aromatic heterocycles. The molecule has 0 fully saturated rings. The number of benzene rings is 2. The molecule has 0 aliphatic heterocycles. The van der Waals surface area contributed by atoms with Gasteiger partial charge in [0.1, 0.15) is 28.8 Å². The predicted molar refractivity (Wildman–Crippen MR) is 126 cm³/mol. The number of rotatable bonds is 4. The fourth-order valence-electron chi connectivity index (χ4n) is 3.89. The highest BCUT2D eigenvalue weighted by Crippen LogP contribution is 2.34. The lowest BCUT2D eigenvalue weighted by molar-refractivity contribution is 0.342. The van der Waals surface area contributed by atoms with Crippen LogP contribution in [0.25, 0.3) is 22.2 Å². The van der Waals surface area contributed by atoms with Crippen molar-refractivity contribution in [3.05, 3.63) is 76.2 Å². The number of aryl methyl sites for hydroxylation is 1. The van der Waals surface area contributed by atoms with Gasteiger partial charge in [-0.15, -0.1) is 0 Å². The number of nitriles is 2. The average Bonchev–Trinajstić information content (AvgIpc) is 3.03. The Morgan fingerprint density at radius 3 is 2.44 bits per heavy atom. The quantitative estimate of drug-likeness (QED) is 0.425. The molecular formula is C26H22FN5O2. The maximum atomic E-state index is 15.8. The van der Waals surface area contributed by atoms with Crippen LogP contribution in [-0.2, 0) is 13.6 Å². The van der Waals surface area contributed by atoms with Gasteiger partial charge in [0.05, 0.1) is 17.1 Å². The second kappa shape index (κ2) is 8.49. The molecule has 0 radical (unpaired) electrons. The van der Waals surface area contributed by atoms with E-state index in [1.54, 1.807) is 41.0 Å². The first kappa shape index (κ1) is 22.8. The summed E-state index contributed by atoms with van der Waals surface area (Å²) in [5, 5.41) is 18.7. The third-order valence-corrected chi connectivity index (χ3v) is 5.35. The van der Waals surface area contributed by atoms with E-state index < -0.39 is 5.82 Å². The average molecular weight is 455 g/mol. The van der Waals surface area contributed by atoms with E-state index >= 15 is 4.39 Å². The zero-order chi connectivity index (χ0) is 24.6. The Kier molecular flexibility index (Phi) is 5.68. The summed E-state index contributed by atoms with van der Waals surface area (Å²) in [4.78, 5) is 16.8. The summed E-state index contributed by atoms with van der Waals surface area (Å²) >= 11 is 0. The van der Waals surface area contributed by atoms with Gasteiger partial charge in [-0.2, -0.15) is 10.5 Å². The number of ether oxygens (including phenoxy) is 1. The second-order valence-corrected chi connectivity index (χ2v) is 9.19. The Morgan fingerprint density at radius 2 is 1.76 bits per heavy atom. The minimum absolute atomic E-state index is 0.175. The summed E-state index contributed by atoms with van der Waals surface area (Å²) in [5.74, 6) is 0.164. The van der Waals surface area contributed by atoms with Gasteiger partial charge < -0.3 is 4.74 Å². The van der Waals surface area contributed by atoms with Crippen LogP contribution in [-0.4, -0.2) is 14.1 Å². The molecule has 0 N–H and O–H groups in total. The van der Waals surface area contributed by atoms with Gasteiger partial charge in [-0.1, -0.05) is 20.8 Å². The molecular weight excluding hydrogens is 433 g/mol. The molecule has 0 saturated heterocycles. The van der Waals surface area contributed by atoms with Gasteiger partial charge in [-0.25, -0.2) is 14.2 Å². The molecule has 2 heterocycles. The van der Waals surface area contributed by atoms with Gasteiger partial charge >= 0.3 is 5.69 Å². The zero-order valence-electron chi connectivity index (χ0n) is 19.3. The van der Waals surface area contributed by atoms with E-state index in [2.05, 4.69) is 11.1 Å². The van der Waals surface area contributed by atoms with Crippen molar-refractivity contribution >= 4 is 11.0 Å². The van der Waals surface area contributed by atoms with Crippen molar-refractivity contribution in [2.45, 2.75) is 27.3 Å². The maximum absolute atomic E-state index is 15.8. The van der Waals surface area contributed by atoms with Crippen molar-refractivity contribution in [3.8, 4) is 34.8 Å². The van der Waals surface area contributed by atoms with Gasteiger partial charge in [0.2, 0.25) is 0 Å². The molecule has 0 spiro atoms. The maximum Gasteiger partial charge on any atom is 0.328 e. The standard InChI is InChI=1S/C26H22FN5O2/c1-26(2,3)15-32-22-8-7-20(23(27)24(22)31(4)25(32)33)21-12-18(6-5-16(21)13-28)34-19-9-10-30-17(11-19)14-29/h5-12H,15H2,1-4H3. The molecule has 4 rings (SSSR count). The molecule has 0 saturated carbocycles. The first-order valence-corrected chi connectivity index (χ1v) is 10.6. The number of aromatic nitrogens is 3. The van der Waals surface area contributed by atoms with Crippen LogP contribution < -0.4 is 10.4 Å². The molecule has 2 aromatic carbocycles. The largest absolute Gasteiger partial charge is 0.457 e. The molecule has 0 amide bonds. The summed E-state index contributed by atoms with van der Waals surface area (Å²) in [6.07, 6.45) is 1.45. The smallest absolute Gasteiger partial charge is 0.328 e. The van der Waals surface area contributed by atoms with Crippen molar-refractivity contribution in [3.63, 3.8) is 0 Å². The molecule has 0 aliphatic carbocycles. The fourth-order valence-corrected chi connectivity index (χ4v) is 3.89. The summed E-state index contributed by atoms with van der Waals surface area (Å²) < 4.78 is 24.5. The topological polar surface area (TPSA) is 96.6 Å². The molecule has 0 bridgehead atoms. The van der Waals surface area contributed by atoms with Crippen LogP contribution in [0.15, 0.2) is 53.5 Å². The predicted octanol–water partition coefficient (Wildman–Crippen LogP) is 5.12. The van der Waals surface area contributed by atoms with Crippen molar-refractivity contribution in [1.82, 2.24) is 14.1 Å². The Hall–Kier alpha value is -4.43. The first-order valence-electron chi connectivity index (χ1n) is 10.6. The van der Waals surface area contributed by atoms with E-state index in [0.29, 0.717) is 29.1 Å². The summed E-state index contributed by atoms with van der Waals surface area (Å²) in [6, 6.07) is 15.1. The van der Waals surface area contributed by atoms with Gasteiger partial charge in [-0.3, -0.25) is 9.13 Å². The van der Waals surface area contributed by atoms with Crippen molar-refractivity contribution in [1.29, 1.82) is 10.5 Å². The van der Waals surface area contributed by atoms with Gasteiger partial charge in [0, 0.05) is 37.0 Å². The Morgan fingerprint density at radius 1 is 1.03 bits per heavy atom. The monoisotopic (exact) mass is 455 g/mol. The minimum Gasteiger partial charge on any atom is -0.457 e. The Balaban J connectivity index is 1.85. The SMILES string of the molecule is Cn1c(=O)n(CC(C)(C)C)c2ccc(-c3cc(Oc4ccnc(C#N)c4)ccc3C#N)c(F)c21. The van der Waals surface area contributed by atoms with Crippen LogP contribution >= 0.6 is 0 Å². The van der Waals surface area contributed by atoms with E-state index in [9.17, 15) is 10.1 Å². The van der Waals surface area contributed by atoms with E-state index in [4.69, 9.17) is 10.00 Å². The Bertz CT molecular complexity index is 1560. The van der Waals surface area contributed by atoms with Crippen LogP contribution in [0.4, 0.5) is 4.39 Å². The Labute approximate surface area is 195 Å². The van der Waals surface area contributed by atoms with Crippen LogP contribution in [0, 0.1) is 33.9 Å². The van der Waals surface area contributed by atoms with Gasteiger partial charge in [0.15, 0.2) is 5.82 Å². The van der Waals surface area contributed by atoms with Crippen LogP contribution in [0.5, 0.6) is 11.5 Å². The summed E-state index contributed by atoms with van der Waals surface area (Å²) in [7, 11) is 1.54. The van der Waals surface area contributed by atoms with Crippen molar-refractivity contribution in [2.75, 3.05) is 0 Å². The highest BCUT2D eigenvalue weighted by Gasteiger charge is 2.22. The highest BCUT2D eigenvalue weighted by molar-refractivity contribution is 5.85. The molecule has 170 valence electrons. The number of fused-ring (bicyclic) bond motifs is 1. The molecule has 0 aliphatic rings. The third-order valence-electron chi connectivity index (χ3n) is 5.35. The lowest BCUT2D eigenvalue weighted by Gasteiger charge is -2.18. The molecule has 8 heteroatoms. The van der Waals surface area contributed by atoms with Gasteiger partial charge in [0.25, 0.3) is 0 Å². The van der Waals surface area contributed by atoms with Crippen molar-refractivity contribution < 1.29 is 9.13 Å². The molecule has 7 nitrogen and oxygen atoms in total. The zero-order valence-corrected chi connectivity index (χ0v) is 19.3. The van der Waals surface area contributed by atoms with Crippen LogP contribution in [0.1, 0.15) is 32.0 Å². The molecule has 4 aromatic rings. The highest BCUT2D eigenvalue weighted by atomic mass is 19.1. The number of hydrogen-bond donors (Lipinski definition) is 0. The minimum atomic E-state index is -0.589. The fraction of sp³-hybridized carbons (Fsp3) is 0.231. The van der Waals surface area contributed by atoms with Crippen molar-refractivity contribution in [2.24, 2.45) is 12.5 Å². The van der Waals surface area contributed by atoms with E-state index in [0.717, 1.165) is 0 Å². The van der Waals surface area contributed by atoms with Gasteiger partial charge in [-0.05, 0) is 41.8 Å². The van der Waals surface area contributed by atoms with E-state index in [-0.39, 0.29) is 33.4 Å². The number of hydrogen-bond acceptors (Lipinski definition) is 5. The lowest BCUT2D eigenvalue weighted by atomic mass is 9.96. The van der Waals surface area contributed by atoms with Crippen LogP contribution in [0.3, 0.4) is 0 Å². The number of nitrogens with zero attached hydrogens (tertiary/aromatic N) is 5. The molecule has 0 unspecified atom stereocenters. The second-order valence-electron chi connectivity index (χ2n) is 9.19. The molecule has 0 atom stereocenters. The van der Waals surface area contributed by atoms with E-state index in [1.165, 1.54) is 23.9 Å². The lowest BCUT2D eigenvalue weighted by Crippen LogP contribution is -2.27. The third kappa shape index (κ3) is 4.14. The first-order chi connectivity index (χ1) is 16.1. The summed E-state index contributed by atoms with van der Waals surface area (Å²) in [5.41, 5.74) is 1.18. The molecule has 34 heavy (non-hydrogen) atoms. The van der Waals surface area contributed by atoms with E-state index in [1.807, 2.05) is 26.8 Å². The summed E-state index contributed by atoms with van der Waals surface area (Å²) in [6.45, 7) is 6.47. The number of halogens is 1. The number of pyridine rings is 1. The number of imidazole rings is 1.